The average Bonchev–Trinajstić information content (AvgIpc) is 2.55. The molecule has 2 heteroatoms. The molecule has 0 aliphatic heterocycles. The summed E-state index contributed by atoms with van der Waals surface area (Å²) >= 11 is 0. The van der Waals surface area contributed by atoms with Crippen LogP contribution in [0.1, 0.15) is 98.3 Å². The first-order valence-electron chi connectivity index (χ1n) is 10.1. The Balaban J connectivity index is 3.33. The Hall–Kier alpha value is -0.340. The second-order valence-corrected chi connectivity index (χ2v) is 6.60. The summed E-state index contributed by atoms with van der Waals surface area (Å²) in [4.78, 5) is 0. The summed E-state index contributed by atoms with van der Waals surface area (Å²) in [6.45, 7) is 10.2. The lowest BCUT2D eigenvalue weighted by Gasteiger charge is -2.16. The van der Waals surface area contributed by atoms with Crippen LogP contribution in [0.5, 0.6) is 0 Å². The van der Waals surface area contributed by atoms with Crippen LogP contribution in [0, 0.1) is 5.92 Å². The van der Waals surface area contributed by atoms with Crippen LogP contribution in [-0.4, -0.2) is 19.5 Å². The Labute approximate surface area is 146 Å². The Bertz CT molecular complexity index is 244. The van der Waals surface area contributed by atoms with Gasteiger partial charge >= 0.3 is 0 Å². The summed E-state index contributed by atoms with van der Waals surface area (Å²) in [6, 6.07) is 0. The molecule has 0 aromatic heterocycles. The third-order valence-electron chi connectivity index (χ3n) is 4.45. The third kappa shape index (κ3) is 16.3. The molecule has 1 atom stereocenters. The Kier molecular flexibility index (Phi) is 17.7. The smallest absolute Gasteiger partial charge is 0.157 e. The van der Waals surface area contributed by atoms with Crippen molar-refractivity contribution >= 4 is 0 Å². The van der Waals surface area contributed by atoms with Gasteiger partial charge in [0.2, 0.25) is 0 Å². The van der Waals surface area contributed by atoms with Crippen LogP contribution < -0.4 is 0 Å². The van der Waals surface area contributed by atoms with Crippen molar-refractivity contribution in [2.24, 2.45) is 5.92 Å². The molecule has 0 rings (SSSR count). The summed E-state index contributed by atoms with van der Waals surface area (Å²) < 4.78 is 11.1. The highest BCUT2D eigenvalue weighted by Gasteiger charge is 2.06. The van der Waals surface area contributed by atoms with Gasteiger partial charge in [0.25, 0.3) is 0 Å². The van der Waals surface area contributed by atoms with Gasteiger partial charge in [0.05, 0.1) is 0 Å². The van der Waals surface area contributed by atoms with Gasteiger partial charge in [-0.15, -0.1) is 0 Å². The van der Waals surface area contributed by atoms with Gasteiger partial charge < -0.3 is 9.47 Å². The largest absolute Gasteiger partial charge is 0.353 e. The fourth-order valence-corrected chi connectivity index (χ4v) is 2.71. The van der Waals surface area contributed by atoms with Crippen LogP contribution in [0.25, 0.3) is 0 Å². The molecule has 0 saturated carbocycles. The van der Waals surface area contributed by atoms with Gasteiger partial charge in [-0.2, -0.15) is 0 Å². The van der Waals surface area contributed by atoms with Crippen LogP contribution in [-0.2, 0) is 9.47 Å². The number of allylic oxidation sites excluding steroid dienone is 2. The third-order valence-corrected chi connectivity index (χ3v) is 4.45. The van der Waals surface area contributed by atoms with Crippen LogP contribution in [0.3, 0.4) is 0 Å². The van der Waals surface area contributed by atoms with Crippen molar-refractivity contribution in [2.75, 3.05) is 13.2 Å². The summed E-state index contributed by atoms with van der Waals surface area (Å²) in [7, 11) is 0. The molecule has 23 heavy (non-hydrogen) atoms. The van der Waals surface area contributed by atoms with E-state index in [2.05, 4.69) is 26.0 Å². The fraction of sp³-hybridized carbons (Fsp3) is 0.905. The molecule has 0 fully saturated rings. The summed E-state index contributed by atoms with van der Waals surface area (Å²) in [6.07, 6.45) is 18.9. The molecule has 0 bridgehead atoms. The molecule has 0 aliphatic carbocycles. The quantitative estimate of drug-likeness (QED) is 0.165. The number of hydrogen-bond acceptors (Lipinski definition) is 2. The van der Waals surface area contributed by atoms with Crippen LogP contribution in [0.4, 0.5) is 0 Å². The topological polar surface area (TPSA) is 18.5 Å². The number of rotatable bonds is 17. The van der Waals surface area contributed by atoms with Crippen molar-refractivity contribution in [2.45, 2.75) is 105 Å². The van der Waals surface area contributed by atoms with Gasteiger partial charge in [-0.05, 0) is 58.3 Å². The first kappa shape index (κ1) is 22.7. The van der Waals surface area contributed by atoms with E-state index in [0.29, 0.717) is 0 Å². The molecule has 0 aromatic carbocycles. The van der Waals surface area contributed by atoms with E-state index in [9.17, 15) is 0 Å². The molecule has 0 saturated heterocycles. The van der Waals surface area contributed by atoms with Crippen molar-refractivity contribution in [1.29, 1.82) is 0 Å². The normalized spacial score (nSPS) is 13.3. The fourth-order valence-electron chi connectivity index (χ4n) is 2.71. The van der Waals surface area contributed by atoms with Crippen molar-refractivity contribution < 1.29 is 9.47 Å². The minimum absolute atomic E-state index is 0.0142. The molecular formula is C21H42O2. The second kappa shape index (κ2) is 18.0. The summed E-state index contributed by atoms with van der Waals surface area (Å²) in [5.41, 5.74) is 0. The first-order valence-corrected chi connectivity index (χ1v) is 10.1. The van der Waals surface area contributed by atoms with E-state index in [4.69, 9.17) is 9.47 Å². The van der Waals surface area contributed by atoms with Crippen molar-refractivity contribution in [3.05, 3.63) is 12.2 Å². The molecule has 0 aromatic rings. The van der Waals surface area contributed by atoms with Gasteiger partial charge in [-0.3, -0.25) is 0 Å². The van der Waals surface area contributed by atoms with E-state index in [0.717, 1.165) is 25.6 Å². The Morgan fingerprint density at radius 2 is 1.22 bits per heavy atom. The lowest BCUT2D eigenvalue weighted by Crippen LogP contribution is -2.17. The van der Waals surface area contributed by atoms with Gasteiger partial charge in [0.15, 0.2) is 6.29 Å². The molecule has 0 aliphatic rings. The van der Waals surface area contributed by atoms with Crippen molar-refractivity contribution in [3.8, 4) is 0 Å². The Morgan fingerprint density at radius 1 is 0.696 bits per heavy atom. The predicted molar refractivity (Wildman–Crippen MR) is 102 cm³/mol. The SMILES string of the molecule is CCOC(CCCCCCC=CCCCCC(C)CC)OCC. The first-order chi connectivity index (χ1) is 11.2. The standard InChI is InChI=1S/C21H42O2/c1-5-20(4)18-16-14-12-10-8-9-11-13-15-17-19-21(22-6-2)23-7-3/h8,10,20-21H,5-7,9,11-19H2,1-4H3. The van der Waals surface area contributed by atoms with E-state index < -0.39 is 0 Å². The lowest BCUT2D eigenvalue weighted by atomic mass is 10.0. The molecule has 0 N–H and O–H groups in total. The molecule has 0 spiro atoms. The maximum atomic E-state index is 5.56. The molecule has 0 amide bonds. The zero-order valence-electron chi connectivity index (χ0n) is 16.3. The van der Waals surface area contributed by atoms with E-state index >= 15 is 0 Å². The van der Waals surface area contributed by atoms with Gasteiger partial charge in [-0.25, -0.2) is 0 Å². The number of unbranched alkanes of at least 4 members (excludes halogenated alkanes) is 6. The number of hydrogen-bond donors (Lipinski definition) is 0. The lowest BCUT2D eigenvalue weighted by molar-refractivity contribution is -0.140. The van der Waals surface area contributed by atoms with E-state index in [1.165, 1.54) is 64.2 Å². The highest BCUT2D eigenvalue weighted by Crippen LogP contribution is 2.13. The van der Waals surface area contributed by atoms with Gasteiger partial charge in [0.1, 0.15) is 0 Å². The average molecular weight is 327 g/mol. The maximum Gasteiger partial charge on any atom is 0.157 e. The molecule has 1 unspecified atom stereocenters. The predicted octanol–water partition coefficient (Wildman–Crippen LogP) is 6.89. The highest BCUT2D eigenvalue weighted by molar-refractivity contribution is 4.81. The zero-order valence-corrected chi connectivity index (χ0v) is 16.3. The zero-order chi connectivity index (χ0) is 17.2. The summed E-state index contributed by atoms with van der Waals surface area (Å²) in [5, 5.41) is 0. The molecule has 138 valence electrons. The molecular weight excluding hydrogens is 284 g/mol. The maximum absolute atomic E-state index is 5.56. The molecule has 0 heterocycles. The van der Waals surface area contributed by atoms with Crippen molar-refractivity contribution in [3.63, 3.8) is 0 Å². The van der Waals surface area contributed by atoms with Crippen LogP contribution in [0.2, 0.25) is 0 Å². The van der Waals surface area contributed by atoms with E-state index in [1.807, 2.05) is 13.8 Å². The van der Waals surface area contributed by atoms with E-state index in [-0.39, 0.29) is 6.29 Å². The van der Waals surface area contributed by atoms with Crippen LogP contribution >= 0.6 is 0 Å². The Morgan fingerprint density at radius 3 is 1.78 bits per heavy atom. The molecule has 2 nitrogen and oxygen atoms in total. The minimum Gasteiger partial charge on any atom is -0.353 e. The monoisotopic (exact) mass is 326 g/mol. The van der Waals surface area contributed by atoms with Crippen molar-refractivity contribution in [1.82, 2.24) is 0 Å². The second-order valence-electron chi connectivity index (χ2n) is 6.60. The minimum atomic E-state index is 0.0142. The van der Waals surface area contributed by atoms with Gasteiger partial charge in [-0.1, -0.05) is 58.1 Å². The highest BCUT2D eigenvalue weighted by atomic mass is 16.7. The van der Waals surface area contributed by atoms with Gasteiger partial charge in [0, 0.05) is 13.2 Å². The molecule has 0 radical (unpaired) electrons. The number of ether oxygens (including phenoxy) is 2. The van der Waals surface area contributed by atoms with Crippen LogP contribution in [0.15, 0.2) is 12.2 Å². The van der Waals surface area contributed by atoms with E-state index in [1.54, 1.807) is 0 Å². The summed E-state index contributed by atoms with van der Waals surface area (Å²) in [5.74, 6) is 0.907.